The number of piperidine rings is 1. The predicted molar refractivity (Wildman–Crippen MR) is 94.1 cm³/mol. The molecule has 0 unspecified atom stereocenters. The van der Waals surface area contributed by atoms with Gasteiger partial charge in [-0.1, -0.05) is 37.3 Å². The SMILES string of the molecule is C[C@@H]1C[C@@H](NC[C@@H]2CCCS2(=O)=O)CN(Cc2ccccc2)C1. The summed E-state index contributed by atoms with van der Waals surface area (Å²) in [6.07, 6.45) is 2.79. The third-order valence-electron chi connectivity index (χ3n) is 5.08. The van der Waals surface area contributed by atoms with Gasteiger partial charge in [0.2, 0.25) is 0 Å². The molecule has 0 aromatic heterocycles. The van der Waals surface area contributed by atoms with Crippen LogP contribution in [0.3, 0.4) is 0 Å². The van der Waals surface area contributed by atoms with E-state index in [2.05, 4.69) is 47.5 Å². The number of nitrogens with zero attached hydrogens (tertiary/aromatic N) is 1. The molecule has 0 amide bonds. The first-order chi connectivity index (χ1) is 11.0. The molecule has 3 atom stereocenters. The maximum Gasteiger partial charge on any atom is 0.154 e. The Morgan fingerprint density at radius 1 is 1.22 bits per heavy atom. The molecule has 0 saturated carbocycles. The van der Waals surface area contributed by atoms with Crippen LogP contribution in [0.1, 0.15) is 31.7 Å². The molecule has 4 nitrogen and oxygen atoms in total. The molecule has 1 aromatic rings. The maximum absolute atomic E-state index is 12.0. The molecule has 1 aromatic carbocycles. The second-order valence-corrected chi connectivity index (χ2v) is 9.66. The summed E-state index contributed by atoms with van der Waals surface area (Å²) >= 11 is 0. The van der Waals surface area contributed by atoms with Crippen LogP contribution >= 0.6 is 0 Å². The Balaban J connectivity index is 1.53. The van der Waals surface area contributed by atoms with Crippen molar-refractivity contribution in [1.82, 2.24) is 10.2 Å². The van der Waals surface area contributed by atoms with E-state index < -0.39 is 9.84 Å². The van der Waals surface area contributed by atoms with Crippen molar-refractivity contribution >= 4 is 9.84 Å². The van der Waals surface area contributed by atoms with Gasteiger partial charge in [-0.3, -0.25) is 4.90 Å². The van der Waals surface area contributed by atoms with Gasteiger partial charge in [0.1, 0.15) is 0 Å². The van der Waals surface area contributed by atoms with E-state index in [4.69, 9.17) is 0 Å². The zero-order valence-electron chi connectivity index (χ0n) is 13.9. The summed E-state index contributed by atoms with van der Waals surface area (Å²) in [4.78, 5) is 2.49. The van der Waals surface area contributed by atoms with E-state index in [1.807, 2.05) is 0 Å². The summed E-state index contributed by atoms with van der Waals surface area (Å²) < 4.78 is 23.9. The third kappa shape index (κ3) is 4.55. The summed E-state index contributed by atoms with van der Waals surface area (Å²) in [5, 5.41) is 3.38. The Kier molecular flexibility index (Phi) is 5.39. The van der Waals surface area contributed by atoms with Crippen LogP contribution in [-0.2, 0) is 16.4 Å². The van der Waals surface area contributed by atoms with E-state index >= 15 is 0 Å². The molecule has 0 aliphatic carbocycles. The molecule has 2 aliphatic rings. The Labute approximate surface area is 140 Å². The van der Waals surface area contributed by atoms with Crippen molar-refractivity contribution < 1.29 is 8.42 Å². The molecule has 23 heavy (non-hydrogen) atoms. The van der Waals surface area contributed by atoms with Crippen LogP contribution in [0.15, 0.2) is 30.3 Å². The Hall–Kier alpha value is -0.910. The zero-order valence-corrected chi connectivity index (χ0v) is 14.8. The lowest BCUT2D eigenvalue weighted by molar-refractivity contribution is 0.142. The van der Waals surface area contributed by atoms with Crippen molar-refractivity contribution in [2.45, 2.75) is 44.0 Å². The van der Waals surface area contributed by atoms with Crippen LogP contribution in [0.4, 0.5) is 0 Å². The van der Waals surface area contributed by atoms with Gasteiger partial charge in [-0.25, -0.2) is 8.42 Å². The summed E-state index contributed by atoms with van der Waals surface area (Å²) in [5.74, 6) is 1.02. The molecule has 0 spiro atoms. The van der Waals surface area contributed by atoms with E-state index in [1.54, 1.807) is 0 Å². The smallest absolute Gasteiger partial charge is 0.154 e. The van der Waals surface area contributed by atoms with Gasteiger partial charge >= 0.3 is 0 Å². The lowest BCUT2D eigenvalue weighted by Gasteiger charge is -2.37. The average Bonchev–Trinajstić information content (AvgIpc) is 2.84. The molecule has 2 heterocycles. The molecule has 128 valence electrons. The lowest BCUT2D eigenvalue weighted by atomic mass is 9.95. The van der Waals surface area contributed by atoms with Gasteiger partial charge in [0.25, 0.3) is 0 Å². The first kappa shape index (κ1) is 16.9. The first-order valence-corrected chi connectivity index (χ1v) is 10.5. The van der Waals surface area contributed by atoms with Crippen molar-refractivity contribution in [3.05, 3.63) is 35.9 Å². The summed E-state index contributed by atoms with van der Waals surface area (Å²) in [6, 6.07) is 11.0. The van der Waals surface area contributed by atoms with Crippen molar-refractivity contribution in [1.29, 1.82) is 0 Å². The number of likely N-dealkylation sites (tertiary alicyclic amines) is 1. The van der Waals surface area contributed by atoms with Gasteiger partial charge in [0.05, 0.1) is 11.0 Å². The number of nitrogens with one attached hydrogen (secondary N) is 1. The minimum atomic E-state index is -2.84. The van der Waals surface area contributed by atoms with E-state index in [9.17, 15) is 8.42 Å². The highest BCUT2D eigenvalue weighted by Gasteiger charge is 2.32. The van der Waals surface area contributed by atoms with Gasteiger partial charge in [-0.2, -0.15) is 0 Å². The molecule has 5 heteroatoms. The Bertz CT molecular complexity index is 603. The van der Waals surface area contributed by atoms with Gasteiger partial charge < -0.3 is 5.32 Å². The van der Waals surface area contributed by atoms with Gasteiger partial charge in [0, 0.05) is 32.2 Å². The van der Waals surface area contributed by atoms with Crippen molar-refractivity contribution in [2.24, 2.45) is 5.92 Å². The monoisotopic (exact) mass is 336 g/mol. The fourth-order valence-corrected chi connectivity index (χ4v) is 5.74. The second-order valence-electron chi connectivity index (χ2n) is 7.26. The van der Waals surface area contributed by atoms with Crippen molar-refractivity contribution in [3.8, 4) is 0 Å². The molecule has 1 N–H and O–H groups in total. The predicted octanol–water partition coefficient (Wildman–Crippen LogP) is 2.06. The van der Waals surface area contributed by atoms with Crippen LogP contribution in [0, 0.1) is 5.92 Å². The largest absolute Gasteiger partial charge is 0.311 e. The summed E-state index contributed by atoms with van der Waals surface area (Å²) in [7, 11) is -2.84. The third-order valence-corrected chi connectivity index (χ3v) is 7.36. The zero-order chi connectivity index (χ0) is 16.3. The summed E-state index contributed by atoms with van der Waals surface area (Å²) in [5.41, 5.74) is 1.35. The highest BCUT2D eigenvalue weighted by molar-refractivity contribution is 7.92. The highest BCUT2D eigenvalue weighted by Crippen LogP contribution is 2.22. The van der Waals surface area contributed by atoms with Crippen LogP contribution in [-0.4, -0.2) is 50.0 Å². The van der Waals surface area contributed by atoms with Crippen molar-refractivity contribution in [2.75, 3.05) is 25.4 Å². The molecule has 0 radical (unpaired) electrons. The Morgan fingerprint density at radius 2 is 2.00 bits per heavy atom. The fraction of sp³-hybridized carbons (Fsp3) is 0.667. The standard InChI is InChI=1S/C18H28N2O2S/c1-15-10-17(19-11-18-8-5-9-23(18,21)22)14-20(12-15)13-16-6-3-2-4-7-16/h2-4,6-7,15,17-19H,5,8-14H2,1H3/t15-,17-,18+/m1/s1. The molecular formula is C18H28N2O2S. The minimum absolute atomic E-state index is 0.165. The van der Waals surface area contributed by atoms with E-state index in [0.717, 1.165) is 38.9 Å². The van der Waals surface area contributed by atoms with Gasteiger partial charge in [-0.15, -0.1) is 0 Å². The van der Waals surface area contributed by atoms with E-state index in [1.165, 1.54) is 5.56 Å². The number of rotatable bonds is 5. The minimum Gasteiger partial charge on any atom is -0.311 e. The number of hydrogen-bond donors (Lipinski definition) is 1. The maximum atomic E-state index is 12.0. The molecular weight excluding hydrogens is 308 g/mol. The number of benzene rings is 1. The molecule has 2 aliphatic heterocycles. The molecule has 0 bridgehead atoms. The lowest BCUT2D eigenvalue weighted by Crippen LogP contribution is -2.50. The van der Waals surface area contributed by atoms with Crippen LogP contribution in [0.25, 0.3) is 0 Å². The fourth-order valence-electron chi connectivity index (χ4n) is 3.97. The van der Waals surface area contributed by atoms with Gasteiger partial charge in [-0.05, 0) is 30.7 Å². The number of hydrogen-bond acceptors (Lipinski definition) is 4. The van der Waals surface area contributed by atoms with Gasteiger partial charge in [0.15, 0.2) is 9.84 Å². The quantitative estimate of drug-likeness (QED) is 0.894. The van der Waals surface area contributed by atoms with E-state index in [-0.39, 0.29) is 5.25 Å². The van der Waals surface area contributed by atoms with Crippen molar-refractivity contribution in [3.63, 3.8) is 0 Å². The van der Waals surface area contributed by atoms with Crippen LogP contribution in [0.2, 0.25) is 0 Å². The van der Waals surface area contributed by atoms with Crippen LogP contribution < -0.4 is 5.32 Å². The number of sulfone groups is 1. The highest BCUT2D eigenvalue weighted by atomic mass is 32.2. The molecule has 2 saturated heterocycles. The van der Waals surface area contributed by atoms with E-state index in [0.29, 0.717) is 24.3 Å². The molecule has 3 rings (SSSR count). The second kappa shape index (κ2) is 7.32. The normalized spacial score (nSPS) is 31.3. The van der Waals surface area contributed by atoms with Crippen LogP contribution in [0.5, 0.6) is 0 Å². The Morgan fingerprint density at radius 3 is 2.70 bits per heavy atom. The summed E-state index contributed by atoms with van der Waals surface area (Å²) in [6.45, 7) is 6.02. The first-order valence-electron chi connectivity index (χ1n) is 8.74. The average molecular weight is 337 g/mol. The molecule has 2 fully saturated rings. The topological polar surface area (TPSA) is 49.4 Å².